The Hall–Kier alpha value is -2.09. The first-order chi connectivity index (χ1) is 7.75. The lowest BCUT2D eigenvalue weighted by molar-refractivity contribution is -0.354. The van der Waals surface area contributed by atoms with Crippen molar-refractivity contribution in [3.63, 3.8) is 0 Å². The Balaban J connectivity index is 2.28. The average Bonchev–Trinajstić information content (AvgIpc) is 2.33. The summed E-state index contributed by atoms with van der Waals surface area (Å²) in [4.78, 5) is 0. The molecule has 0 unspecified atom stereocenters. The fourth-order valence-corrected chi connectivity index (χ4v) is 1.44. The molecule has 0 spiro atoms. The van der Waals surface area contributed by atoms with Crippen molar-refractivity contribution in [2.24, 2.45) is 0 Å². The second-order valence-electron chi connectivity index (χ2n) is 3.70. The fourth-order valence-electron chi connectivity index (χ4n) is 1.44. The molecular weight excluding hydrogens is 198 g/mol. The summed E-state index contributed by atoms with van der Waals surface area (Å²) in [6.45, 7) is 2.02. The maximum atomic E-state index is 11.8. The van der Waals surface area contributed by atoms with Gasteiger partial charge in [0.15, 0.2) is 6.21 Å². The lowest BCUT2D eigenvalue weighted by atomic mass is 10.2. The summed E-state index contributed by atoms with van der Waals surface area (Å²) in [6, 6.07) is 17.0. The molecule has 0 N–H and O–H groups in total. The van der Waals surface area contributed by atoms with Crippen LogP contribution in [0.15, 0.2) is 54.6 Å². The Bertz CT molecular complexity index is 486. The molecule has 0 saturated carbocycles. The van der Waals surface area contributed by atoms with Crippen LogP contribution in [0.2, 0.25) is 0 Å². The van der Waals surface area contributed by atoms with Crippen LogP contribution in [0.1, 0.15) is 11.1 Å². The highest BCUT2D eigenvalue weighted by Crippen LogP contribution is 2.09. The lowest BCUT2D eigenvalue weighted by Crippen LogP contribution is -1.98. The van der Waals surface area contributed by atoms with Gasteiger partial charge >= 0.3 is 0 Å². The third-order valence-electron chi connectivity index (χ3n) is 2.35. The first kappa shape index (κ1) is 10.4. The van der Waals surface area contributed by atoms with Crippen LogP contribution in [0.3, 0.4) is 0 Å². The Morgan fingerprint density at radius 1 is 0.938 bits per heavy atom. The molecule has 0 aliphatic carbocycles. The molecule has 0 bridgehead atoms. The zero-order chi connectivity index (χ0) is 11.4. The third kappa shape index (κ3) is 2.48. The molecule has 80 valence electrons. The normalized spacial score (nSPS) is 11.4. The minimum absolute atomic E-state index is 0.642. The van der Waals surface area contributed by atoms with Crippen molar-refractivity contribution in [3.8, 4) is 0 Å². The highest BCUT2D eigenvalue weighted by Gasteiger charge is 1.99. The predicted octanol–water partition coefficient (Wildman–Crippen LogP) is 3.26. The van der Waals surface area contributed by atoms with Gasteiger partial charge in [0.05, 0.1) is 0 Å². The van der Waals surface area contributed by atoms with Crippen LogP contribution in [-0.4, -0.2) is 11.0 Å². The lowest BCUT2D eigenvalue weighted by Gasteiger charge is -2.02. The number of hydrogen-bond acceptors (Lipinski definition) is 1. The van der Waals surface area contributed by atoms with Gasteiger partial charge in [-0.15, -0.1) is 0 Å². The maximum Gasteiger partial charge on any atom is 0.216 e. The minimum atomic E-state index is 0.642. The van der Waals surface area contributed by atoms with Crippen LogP contribution in [0.25, 0.3) is 0 Å². The van der Waals surface area contributed by atoms with Crippen molar-refractivity contribution in [3.05, 3.63) is 70.9 Å². The smallest absolute Gasteiger partial charge is 0.216 e. The van der Waals surface area contributed by atoms with Crippen molar-refractivity contribution in [2.75, 3.05) is 0 Å². The van der Waals surface area contributed by atoms with Gasteiger partial charge in [-0.1, -0.05) is 35.9 Å². The van der Waals surface area contributed by atoms with E-state index in [0.29, 0.717) is 5.69 Å². The van der Waals surface area contributed by atoms with Crippen molar-refractivity contribution in [2.45, 2.75) is 6.92 Å². The second kappa shape index (κ2) is 4.62. The van der Waals surface area contributed by atoms with E-state index in [9.17, 15) is 5.21 Å². The predicted molar refractivity (Wildman–Crippen MR) is 66.1 cm³/mol. The summed E-state index contributed by atoms with van der Waals surface area (Å²) in [5.41, 5.74) is 2.74. The molecule has 2 aromatic carbocycles. The van der Waals surface area contributed by atoms with Crippen LogP contribution >= 0.6 is 0 Å². The molecule has 2 nitrogen and oxygen atoms in total. The van der Waals surface area contributed by atoms with Gasteiger partial charge in [-0.2, -0.15) is 4.74 Å². The Morgan fingerprint density at radius 2 is 1.56 bits per heavy atom. The third-order valence-corrected chi connectivity index (χ3v) is 2.35. The van der Waals surface area contributed by atoms with Gasteiger partial charge in [-0.05, 0) is 19.1 Å². The molecule has 0 aliphatic rings. The molecular formula is C14H13NO. The van der Waals surface area contributed by atoms with Crippen molar-refractivity contribution in [1.82, 2.24) is 0 Å². The van der Waals surface area contributed by atoms with Crippen LogP contribution in [0, 0.1) is 12.1 Å². The van der Waals surface area contributed by atoms with Gasteiger partial charge in [0, 0.05) is 17.7 Å². The van der Waals surface area contributed by atoms with Crippen LogP contribution in [0.4, 0.5) is 5.69 Å². The summed E-state index contributed by atoms with van der Waals surface area (Å²) in [5, 5.41) is 11.8. The molecule has 0 fully saturated rings. The molecule has 0 heterocycles. The van der Waals surface area contributed by atoms with E-state index in [1.165, 1.54) is 5.56 Å². The quantitative estimate of drug-likeness (QED) is 0.324. The SMILES string of the molecule is Cc1ccc(/C=[N+](\[O-])c2ccccc2)cc1. The zero-order valence-corrected chi connectivity index (χ0v) is 9.13. The van der Waals surface area contributed by atoms with Crippen molar-refractivity contribution < 1.29 is 4.74 Å². The Labute approximate surface area is 95.1 Å². The minimum Gasteiger partial charge on any atom is -0.618 e. The summed E-state index contributed by atoms with van der Waals surface area (Å²) in [5.74, 6) is 0. The second-order valence-corrected chi connectivity index (χ2v) is 3.70. The largest absolute Gasteiger partial charge is 0.618 e. The van der Waals surface area contributed by atoms with Crippen molar-refractivity contribution in [1.29, 1.82) is 0 Å². The van der Waals surface area contributed by atoms with E-state index in [-0.39, 0.29) is 0 Å². The summed E-state index contributed by atoms with van der Waals surface area (Å²) < 4.78 is 0.880. The van der Waals surface area contributed by atoms with Gasteiger partial charge in [0.1, 0.15) is 0 Å². The topological polar surface area (TPSA) is 26.1 Å². The average molecular weight is 211 g/mol. The fraction of sp³-hybridized carbons (Fsp3) is 0.0714. The molecule has 0 radical (unpaired) electrons. The molecule has 0 aliphatic heterocycles. The molecule has 0 amide bonds. The number of benzene rings is 2. The summed E-state index contributed by atoms with van der Waals surface area (Å²) >= 11 is 0. The van der Waals surface area contributed by atoms with Gasteiger partial charge in [0.2, 0.25) is 5.69 Å². The first-order valence-corrected chi connectivity index (χ1v) is 5.19. The molecule has 2 aromatic rings. The van der Waals surface area contributed by atoms with E-state index in [1.54, 1.807) is 18.3 Å². The molecule has 0 aromatic heterocycles. The van der Waals surface area contributed by atoms with Crippen LogP contribution in [-0.2, 0) is 0 Å². The monoisotopic (exact) mass is 211 g/mol. The Kier molecular flexibility index (Phi) is 3.01. The van der Waals surface area contributed by atoms with Gasteiger partial charge < -0.3 is 5.21 Å². The molecule has 0 atom stereocenters. The highest BCUT2D eigenvalue weighted by molar-refractivity contribution is 5.76. The van der Waals surface area contributed by atoms with E-state index in [2.05, 4.69) is 0 Å². The number of aryl methyl sites for hydroxylation is 1. The number of hydrogen-bond donors (Lipinski definition) is 0. The molecule has 2 heteroatoms. The summed E-state index contributed by atoms with van der Waals surface area (Å²) in [7, 11) is 0. The van der Waals surface area contributed by atoms with E-state index in [1.807, 2.05) is 49.4 Å². The Morgan fingerprint density at radius 3 is 2.19 bits per heavy atom. The van der Waals surface area contributed by atoms with E-state index >= 15 is 0 Å². The van der Waals surface area contributed by atoms with Crippen LogP contribution < -0.4 is 0 Å². The first-order valence-electron chi connectivity index (χ1n) is 5.19. The zero-order valence-electron chi connectivity index (χ0n) is 9.13. The van der Waals surface area contributed by atoms with Gasteiger partial charge in [-0.25, -0.2) is 0 Å². The molecule has 2 rings (SSSR count). The van der Waals surface area contributed by atoms with E-state index in [0.717, 1.165) is 10.3 Å². The van der Waals surface area contributed by atoms with E-state index in [4.69, 9.17) is 0 Å². The molecule has 0 saturated heterocycles. The van der Waals surface area contributed by atoms with Gasteiger partial charge in [-0.3, -0.25) is 0 Å². The standard InChI is InChI=1S/C14H13NO/c1-12-7-9-13(10-8-12)11-15(16)14-5-3-2-4-6-14/h2-11H,1H3/b15-11-. The van der Waals surface area contributed by atoms with E-state index < -0.39 is 0 Å². The van der Waals surface area contributed by atoms with Crippen LogP contribution in [0.5, 0.6) is 0 Å². The number of nitrogens with zero attached hydrogens (tertiary/aromatic N) is 1. The summed E-state index contributed by atoms with van der Waals surface area (Å²) in [6.07, 6.45) is 1.58. The molecule has 16 heavy (non-hydrogen) atoms. The maximum absolute atomic E-state index is 11.8. The highest BCUT2D eigenvalue weighted by atomic mass is 16.5. The van der Waals surface area contributed by atoms with Crippen molar-refractivity contribution >= 4 is 11.9 Å². The number of para-hydroxylation sites is 1. The van der Waals surface area contributed by atoms with Gasteiger partial charge in [0.25, 0.3) is 0 Å². The number of rotatable bonds is 2.